The minimum absolute atomic E-state index is 0.659. The van der Waals surface area contributed by atoms with Crippen molar-refractivity contribution in [2.75, 3.05) is 0 Å². The van der Waals surface area contributed by atoms with Crippen LogP contribution in [0.25, 0.3) is 6.08 Å². The minimum atomic E-state index is -1.51. The molecule has 3 rings (SSSR count). The molecule has 27 heavy (non-hydrogen) atoms. The zero-order valence-electron chi connectivity index (χ0n) is 15.2. The molecule has 0 aliphatic carbocycles. The third-order valence-electron chi connectivity index (χ3n) is 4.28. The highest BCUT2D eigenvalue weighted by atomic mass is 16.3. The van der Waals surface area contributed by atoms with Crippen molar-refractivity contribution in [3.8, 4) is 11.8 Å². The summed E-state index contributed by atoms with van der Waals surface area (Å²) in [5.74, 6) is 5.75. The van der Waals surface area contributed by atoms with Gasteiger partial charge in [0.25, 0.3) is 0 Å². The van der Waals surface area contributed by atoms with Gasteiger partial charge < -0.3 is 10.2 Å². The molecule has 3 aromatic carbocycles. The van der Waals surface area contributed by atoms with Gasteiger partial charge in [0.2, 0.25) is 0 Å². The Morgan fingerprint density at radius 1 is 0.667 bits per heavy atom. The van der Waals surface area contributed by atoms with Crippen LogP contribution in [-0.4, -0.2) is 15.8 Å². The lowest BCUT2D eigenvalue weighted by Crippen LogP contribution is -2.27. The van der Waals surface area contributed by atoms with Crippen LogP contribution >= 0.6 is 0 Å². The summed E-state index contributed by atoms with van der Waals surface area (Å²) < 4.78 is 0. The Bertz CT molecular complexity index is 907. The first-order valence-corrected chi connectivity index (χ1v) is 8.84. The van der Waals surface area contributed by atoms with Gasteiger partial charge in [-0.1, -0.05) is 109 Å². The molecule has 0 amide bonds. The largest absolute Gasteiger partial charge is 0.374 e. The van der Waals surface area contributed by atoms with Gasteiger partial charge in [0.15, 0.2) is 5.60 Å². The van der Waals surface area contributed by atoms with Gasteiger partial charge in [0.1, 0.15) is 5.60 Å². The van der Waals surface area contributed by atoms with Crippen LogP contribution in [-0.2, 0) is 5.60 Å². The molecule has 2 N–H and O–H groups in total. The third kappa shape index (κ3) is 4.74. The van der Waals surface area contributed by atoms with E-state index in [9.17, 15) is 10.2 Å². The van der Waals surface area contributed by atoms with E-state index in [1.54, 1.807) is 13.0 Å². The molecule has 3 aromatic rings. The zero-order chi connectivity index (χ0) is 19.2. The van der Waals surface area contributed by atoms with Gasteiger partial charge in [-0.05, 0) is 18.6 Å². The van der Waals surface area contributed by atoms with Crippen LogP contribution in [0.1, 0.15) is 23.6 Å². The second-order valence-corrected chi connectivity index (χ2v) is 6.58. The summed E-state index contributed by atoms with van der Waals surface area (Å²) in [6, 6.07) is 28.2. The maximum atomic E-state index is 11.4. The van der Waals surface area contributed by atoms with E-state index in [4.69, 9.17) is 0 Å². The average molecular weight is 354 g/mol. The van der Waals surface area contributed by atoms with Crippen molar-refractivity contribution in [2.45, 2.75) is 18.1 Å². The van der Waals surface area contributed by atoms with Gasteiger partial charge >= 0.3 is 0 Å². The summed E-state index contributed by atoms with van der Waals surface area (Å²) in [5.41, 5.74) is -0.598. The van der Waals surface area contributed by atoms with Gasteiger partial charge in [0.05, 0.1) is 0 Å². The Morgan fingerprint density at radius 3 is 1.59 bits per heavy atom. The molecule has 2 heteroatoms. The monoisotopic (exact) mass is 354 g/mol. The van der Waals surface area contributed by atoms with Crippen molar-refractivity contribution in [2.24, 2.45) is 0 Å². The smallest absolute Gasteiger partial charge is 0.176 e. The highest BCUT2D eigenvalue weighted by molar-refractivity contribution is 5.52. The van der Waals surface area contributed by atoms with Crippen molar-refractivity contribution >= 4 is 6.08 Å². The molecule has 134 valence electrons. The molecule has 1 atom stereocenters. The normalized spacial score (nSPS) is 13.6. The Kier molecular flexibility index (Phi) is 5.57. The van der Waals surface area contributed by atoms with Gasteiger partial charge in [-0.25, -0.2) is 0 Å². The molecule has 0 fully saturated rings. The Morgan fingerprint density at radius 2 is 1.11 bits per heavy atom. The SMILES string of the molecule is CC(O)(C#CC(O)(c1ccccc1)c1ccccc1)/C=C/c1ccccc1. The van der Waals surface area contributed by atoms with Crippen LogP contribution in [0.3, 0.4) is 0 Å². The van der Waals surface area contributed by atoms with Crippen LogP contribution in [0, 0.1) is 11.8 Å². The summed E-state index contributed by atoms with van der Waals surface area (Å²) in [7, 11) is 0. The molecule has 0 saturated carbocycles. The summed E-state index contributed by atoms with van der Waals surface area (Å²) in [5, 5.41) is 22.1. The molecule has 2 nitrogen and oxygen atoms in total. The van der Waals surface area contributed by atoms with Crippen molar-refractivity contribution in [1.29, 1.82) is 0 Å². The van der Waals surface area contributed by atoms with Gasteiger partial charge in [-0.3, -0.25) is 0 Å². The van der Waals surface area contributed by atoms with Crippen molar-refractivity contribution in [3.05, 3.63) is 114 Å². The Hall–Kier alpha value is -3.12. The average Bonchev–Trinajstić information content (AvgIpc) is 2.73. The topological polar surface area (TPSA) is 40.5 Å². The molecule has 0 aromatic heterocycles. The molecule has 0 bridgehead atoms. The fourth-order valence-electron chi connectivity index (χ4n) is 2.75. The van der Waals surface area contributed by atoms with Gasteiger partial charge in [-0.15, -0.1) is 0 Å². The second kappa shape index (κ2) is 8.05. The van der Waals surface area contributed by atoms with E-state index in [1.807, 2.05) is 97.1 Å². The van der Waals surface area contributed by atoms with E-state index in [1.165, 1.54) is 0 Å². The molecular formula is C25H22O2. The Labute approximate surface area is 160 Å². The molecule has 0 saturated heterocycles. The summed E-state index contributed by atoms with van der Waals surface area (Å²) in [6.07, 6.45) is 3.45. The third-order valence-corrected chi connectivity index (χ3v) is 4.28. The molecule has 0 radical (unpaired) electrons. The van der Waals surface area contributed by atoms with Crippen molar-refractivity contribution in [1.82, 2.24) is 0 Å². The van der Waals surface area contributed by atoms with E-state index in [-0.39, 0.29) is 0 Å². The summed E-state index contributed by atoms with van der Waals surface area (Å²) in [4.78, 5) is 0. The minimum Gasteiger partial charge on any atom is -0.374 e. The van der Waals surface area contributed by atoms with E-state index < -0.39 is 11.2 Å². The van der Waals surface area contributed by atoms with Crippen LogP contribution in [0.2, 0.25) is 0 Å². The molecule has 0 heterocycles. The predicted molar refractivity (Wildman–Crippen MR) is 110 cm³/mol. The molecule has 0 aliphatic rings. The van der Waals surface area contributed by atoms with Crippen molar-refractivity contribution < 1.29 is 10.2 Å². The standard InChI is InChI=1S/C25H22O2/c1-24(26,18-17-21-11-5-2-6-12-21)19-20-25(27,22-13-7-3-8-14-22)23-15-9-4-10-16-23/h2-18,26-27H,1H3/b18-17+. The van der Waals surface area contributed by atoms with Gasteiger partial charge in [0, 0.05) is 11.1 Å². The Balaban J connectivity index is 1.97. The highest BCUT2D eigenvalue weighted by Gasteiger charge is 2.29. The number of hydrogen-bond acceptors (Lipinski definition) is 2. The molecule has 0 spiro atoms. The number of rotatable bonds is 4. The number of aliphatic hydroxyl groups is 2. The predicted octanol–water partition coefficient (Wildman–Crippen LogP) is 4.39. The lowest BCUT2D eigenvalue weighted by atomic mass is 9.86. The second-order valence-electron chi connectivity index (χ2n) is 6.58. The van der Waals surface area contributed by atoms with E-state index in [0.29, 0.717) is 11.1 Å². The molecular weight excluding hydrogens is 332 g/mol. The maximum absolute atomic E-state index is 11.4. The van der Waals surface area contributed by atoms with E-state index >= 15 is 0 Å². The van der Waals surface area contributed by atoms with Crippen molar-refractivity contribution in [3.63, 3.8) is 0 Å². The number of hydrogen-bond donors (Lipinski definition) is 2. The number of benzene rings is 3. The molecule has 1 unspecified atom stereocenters. The fourth-order valence-corrected chi connectivity index (χ4v) is 2.75. The first-order chi connectivity index (χ1) is 13.0. The van der Waals surface area contributed by atoms with Crippen LogP contribution in [0.4, 0.5) is 0 Å². The van der Waals surface area contributed by atoms with Crippen LogP contribution in [0.15, 0.2) is 97.1 Å². The quantitative estimate of drug-likeness (QED) is 0.682. The van der Waals surface area contributed by atoms with Crippen LogP contribution < -0.4 is 0 Å². The van der Waals surface area contributed by atoms with Gasteiger partial charge in [-0.2, -0.15) is 0 Å². The van der Waals surface area contributed by atoms with Crippen LogP contribution in [0.5, 0.6) is 0 Å². The van der Waals surface area contributed by atoms with E-state index in [0.717, 1.165) is 5.56 Å². The first-order valence-electron chi connectivity index (χ1n) is 8.84. The fraction of sp³-hybridized carbons (Fsp3) is 0.120. The van der Waals surface area contributed by atoms with E-state index in [2.05, 4.69) is 11.8 Å². The highest BCUT2D eigenvalue weighted by Crippen LogP contribution is 2.29. The molecule has 0 aliphatic heterocycles. The first kappa shape index (κ1) is 18.7. The lowest BCUT2D eigenvalue weighted by Gasteiger charge is -2.24. The summed E-state index contributed by atoms with van der Waals surface area (Å²) in [6.45, 7) is 1.61. The summed E-state index contributed by atoms with van der Waals surface area (Å²) >= 11 is 0. The maximum Gasteiger partial charge on any atom is 0.176 e. The zero-order valence-corrected chi connectivity index (χ0v) is 15.2. The lowest BCUT2D eigenvalue weighted by molar-refractivity contribution is 0.141.